The maximum absolute atomic E-state index is 5.45. The number of benzene rings is 1. The van der Waals surface area contributed by atoms with Crippen molar-refractivity contribution in [3.05, 3.63) is 33.8 Å². The summed E-state index contributed by atoms with van der Waals surface area (Å²) >= 11 is 3.62. The van der Waals surface area contributed by atoms with E-state index >= 15 is 0 Å². The lowest BCUT2D eigenvalue weighted by atomic mass is 10.1. The first-order valence-electron chi connectivity index (χ1n) is 5.20. The van der Waals surface area contributed by atoms with Crippen LogP contribution in [0.3, 0.4) is 0 Å². The largest absolute Gasteiger partial charge is 0.380 e. The molecular formula is C12H18BrNO. The maximum atomic E-state index is 5.45. The van der Waals surface area contributed by atoms with Crippen molar-refractivity contribution in [1.82, 2.24) is 5.32 Å². The van der Waals surface area contributed by atoms with Gasteiger partial charge < -0.3 is 10.1 Å². The predicted molar refractivity (Wildman–Crippen MR) is 67.2 cm³/mol. The van der Waals surface area contributed by atoms with Gasteiger partial charge in [-0.15, -0.1) is 0 Å². The van der Waals surface area contributed by atoms with Crippen molar-refractivity contribution in [2.45, 2.75) is 19.9 Å². The predicted octanol–water partition coefficient (Wildman–Crippen LogP) is 3.05. The molecule has 2 nitrogen and oxygen atoms in total. The van der Waals surface area contributed by atoms with E-state index in [2.05, 4.69) is 46.4 Å². The van der Waals surface area contributed by atoms with Crippen LogP contribution in [-0.4, -0.2) is 20.3 Å². The van der Waals surface area contributed by atoms with Crippen LogP contribution in [0.2, 0.25) is 0 Å². The standard InChI is InChI=1S/C12H18BrNO/c1-4-15-8-11(14-3)10-7-5-6-9(2)12(10)13/h5-7,11,14H,4,8H2,1-3H3. The van der Waals surface area contributed by atoms with E-state index < -0.39 is 0 Å². The number of hydrogen-bond acceptors (Lipinski definition) is 2. The molecule has 0 aliphatic carbocycles. The molecule has 1 N–H and O–H groups in total. The van der Waals surface area contributed by atoms with Crippen LogP contribution in [0.15, 0.2) is 22.7 Å². The monoisotopic (exact) mass is 271 g/mol. The van der Waals surface area contributed by atoms with Gasteiger partial charge in [0.1, 0.15) is 0 Å². The number of likely N-dealkylation sites (N-methyl/N-ethyl adjacent to an activating group) is 1. The highest BCUT2D eigenvalue weighted by Gasteiger charge is 2.13. The van der Waals surface area contributed by atoms with Gasteiger partial charge in [0.15, 0.2) is 0 Å². The van der Waals surface area contributed by atoms with Crippen LogP contribution in [0.25, 0.3) is 0 Å². The molecule has 1 aromatic rings. The lowest BCUT2D eigenvalue weighted by Gasteiger charge is -2.18. The lowest BCUT2D eigenvalue weighted by Crippen LogP contribution is -2.22. The van der Waals surface area contributed by atoms with E-state index in [1.54, 1.807) is 0 Å². The first-order valence-corrected chi connectivity index (χ1v) is 6.00. The molecule has 0 aliphatic heterocycles. The number of ether oxygens (including phenoxy) is 1. The van der Waals surface area contributed by atoms with E-state index in [1.807, 2.05) is 14.0 Å². The fourth-order valence-corrected chi connectivity index (χ4v) is 2.04. The zero-order chi connectivity index (χ0) is 11.3. The van der Waals surface area contributed by atoms with Gasteiger partial charge >= 0.3 is 0 Å². The summed E-state index contributed by atoms with van der Waals surface area (Å²) in [5.74, 6) is 0. The Morgan fingerprint density at radius 2 is 2.20 bits per heavy atom. The van der Waals surface area contributed by atoms with Gasteiger partial charge in [-0.3, -0.25) is 0 Å². The molecule has 0 heterocycles. The van der Waals surface area contributed by atoms with Gasteiger partial charge in [0, 0.05) is 11.1 Å². The second-order valence-corrected chi connectivity index (χ2v) is 4.27. The molecule has 84 valence electrons. The second-order valence-electron chi connectivity index (χ2n) is 3.48. The van der Waals surface area contributed by atoms with Crippen LogP contribution in [0.4, 0.5) is 0 Å². The molecule has 15 heavy (non-hydrogen) atoms. The highest BCUT2D eigenvalue weighted by atomic mass is 79.9. The Morgan fingerprint density at radius 3 is 2.80 bits per heavy atom. The van der Waals surface area contributed by atoms with E-state index in [1.165, 1.54) is 15.6 Å². The van der Waals surface area contributed by atoms with Crippen molar-refractivity contribution in [3.8, 4) is 0 Å². The molecule has 1 aromatic carbocycles. The molecule has 1 rings (SSSR count). The minimum Gasteiger partial charge on any atom is -0.380 e. The maximum Gasteiger partial charge on any atom is 0.0661 e. The minimum atomic E-state index is 0.249. The van der Waals surface area contributed by atoms with Crippen molar-refractivity contribution in [3.63, 3.8) is 0 Å². The molecule has 0 aromatic heterocycles. The molecule has 0 radical (unpaired) electrons. The number of halogens is 1. The third kappa shape index (κ3) is 3.30. The Morgan fingerprint density at radius 1 is 1.47 bits per heavy atom. The molecule has 0 spiro atoms. The molecule has 0 saturated heterocycles. The van der Waals surface area contributed by atoms with Crippen molar-refractivity contribution in [2.75, 3.05) is 20.3 Å². The molecule has 0 amide bonds. The molecule has 1 unspecified atom stereocenters. The third-order valence-electron chi connectivity index (χ3n) is 2.43. The highest BCUT2D eigenvalue weighted by Crippen LogP contribution is 2.26. The summed E-state index contributed by atoms with van der Waals surface area (Å²) in [6, 6.07) is 6.54. The average Bonchev–Trinajstić information content (AvgIpc) is 2.25. The van der Waals surface area contributed by atoms with Gasteiger partial charge in [-0.2, -0.15) is 0 Å². The highest BCUT2D eigenvalue weighted by molar-refractivity contribution is 9.10. The molecular weight excluding hydrogens is 254 g/mol. The van der Waals surface area contributed by atoms with Crippen molar-refractivity contribution >= 4 is 15.9 Å². The summed E-state index contributed by atoms with van der Waals surface area (Å²) in [5.41, 5.74) is 2.51. The van der Waals surface area contributed by atoms with Gasteiger partial charge in [-0.25, -0.2) is 0 Å². The van der Waals surface area contributed by atoms with Crippen molar-refractivity contribution < 1.29 is 4.74 Å². The Labute approximate surface area is 100 Å². The van der Waals surface area contributed by atoms with E-state index in [4.69, 9.17) is 4.74 Å². The average molecular weight is 272 g/mol. The number of aryl methyl sites for hydroxylation is 1. The van der Waals surface area contributed by atoms with Gasteiger partial charge in [0.2, 0.25) is 0 Å². The van der Waals surface area contributed by atoms with Crippen LogP contribution >= 0.6 is 15.9 Å². The van der Waals surface area contributed by atoms with Crippen LogP contribution in [-0.2, 0) is 4.74 Å². The summed E-state index contributed by atoms with van der Waals surface area (Å²) < 4.78 is 6.62. The van der Waals surface area contributed by atoms with Gasteiger partial charge in [-0.05, 0) is 32.0 Å². The number of rotatable bonds is 5. The first-order chi connectivity index (χ1) is 7.20. The molecule has 3 heteroatoms. The number of nitrogens with one attached hydrogen (secondary N) is 1. The molecule has 0 saturated carbocycles. The summed E-state index contributed by atoms with van der Waals surface area (Å²) in [6.45, 7) is 5.57. The summed E-state index contributed by atoms with van der Waals surface area (Å²) in [4.78, 5) is 0. The fraction of sp³-hybridized carbons (Fsp3) is 0.500. The zero-order valence-corrected chi connectivity index (χ0v) is 11.1. The van der Waals surface area contributed by atoms with Crippen LogP contribution in [0.5, 0.6) is 0 Å². The minimum absolute atomic E-state index is 0.249. The molecule has 0 aliphatic rings. The summed E-state index contributed by atoms with van der Waals surface area (Å²) in [5, 5.41) is 3.27. The fourth-order valence-electron chi connectivity index (χ4n) is 1.50. The van der Waals surface area contributed by atoms with Crippen LogP contribution < -0.4 is 5.32 Å². The summed E-state index contributed by atoms with van der Waals surface area (Å²) in [6.07, 6.45) is 0. The smallest absolute Gasteiger partial charge is 0.0661 e. The van der Waals surface area contributed by atoms with E-state index in [9.17, 15) is 0 Å². The summed E-state index contributed by atoms with van der Waals surface area (Å²) in [7, 11) is 1.96. The Bertz CT molecular complexity index is 314. The van der Waals surface area contributed by atoms with Crippen molar-refractivity contribution in [1.29, 1.82) is 0 Å². The van der Waals surface area contributed by atoms with Crippen LogP contribution in [0.1, 0.15) is 24.1 Å². The number of hydrogen-bond donors (Lipinski definition) is 1. The van der Waals surface area contributed by atoms with Crippen LogP contribution in [0, 0.1) is 6.92 Å². The second kappa shape index (κ2) is 6.26. The molecule has 0 bridgehead atoms. The normalized spacial score (nSPS) is 12.8. The topological polar surface area (TPSA) is 21.3 Å². The lowest BCUT2D eigenvalue weighted by molar-refractivity contribution is 0.125. The van der Waals surface area contributed by atoms with E-state index in [0.717, 1.165) is 6.61 Å². The van der Waals surface area contributed by atoms with Gasteiger partial charge in [-0.1, -0.05) is 34.1 Å². The van der Waals surface area contributed by atoms with E-state index in [0.29, 0.717) is 6.61 Å². The molecule has 1 atom stereocenters. The SMILES string of the molecule is CCOCC(NC)c1cccc(C)c1Br. The first kappa shape index (κ1) is 12.7. The Balaban J connectivity index is 2.86. The molecule has 0 fully saturated rings. The van der Waals surface area contributed by atoms with Gasteiger partial charge in [0.05, 0.1) is 12.6 Å². The Hall–Kier alpha value is -0.380. The Kier molecular flexibility index (Phi) is 5.29. The van der Waals surface area contributed by atoms with Gasteiger partial charge in [0.25, 0.3) is 0 Å². The van der Waals surface area contributed by atoms with E-state index in [-0.39, 0.29) is 6.04 Å². The third-order valence-corrected chi connectivity index (χ3v) is 3.52. The van der Waals surface area contributed by atoms with Crippen molar-refractivity contribution in [2.24, 2.45) is 0 Å². The zero-order valence-electron chi connectivity index (χ0n) is 9.51. The quantitative estimate of drug-likeness (QED) is 0.889.